The minimum absolute atomic E-state index is 0.0499. The van der Waals surface area contributed by atoms with Gasteiger partial charge in [-0.05, 0) is 61.9 Å². The number of aliphatic hydroxyl groups is 1. The van der Waals surface area contributed by atoms with E-state index in [1.54, 1.807) is 52.9 Å². The van der Waals surface area contributed by atoms with Crippen molar-refractivity contribution in [1.29, 1.82) is 0 Å². The van der Waals surface area contributed by atoms with Crippen molar-refractivity contribution in [3.63, 3.8) is 0 Å². The molecule has 0 unspecified atom stereocenters. The Balaban J connectivity index is 1.41. The number of carbonyl (C=O) groups excluding carboxylic acids is 1. The molecular formula is C27H24FN7O2S. The normalized spacial score (nSPS) is 16.0. The van der Waals surface area contributed by atoms with Crippen molar-refractivity contribution in [3.8, 4) is 5.69 Å². The quantitative estimate of drug-likeness (QED) is 0.343. The molecule has 1 aliphatic rings. The average Bonchev–Trinajstić information content (AvgIpc) is 3.57. The molecule has 1 saturated heterocycles. The molecule has 9 nitrogen and oxygen atoms in total. The van der Waals surface area contributed by atoms with Crippen LogP contribution in [0.25, 0.3) is 33.0 Å². The predicted molar refractivity (Wildman–Crippen MR) is 145 cm³/mol. The lowest BCUT2D eigenvalue weighted by molar-refractivity contribution is 0.0968. The first kappa shape index (κ1) is 24.3. The number of nitrogens with zero attached hydrogens (tertiary/aromatic N) is 6. The maximum Gasteiger partial charge on any atom is 0.262 e. The Kier molecular flexibility index (Phi) is 6.62. The number of anilines is 1. The molecule has 0 bridgehead atoms. The molecule has 192 valence electrons. The van der Waals surface area contributed by atoms with E-state index in [2.05, 4.69) is 25.6 Å². The van der Waals surface area contributed by atoms with Crippen LogP contribution in [-0.2, 0) is 0 Å². The number of fused-ring (bicyclic) bond motifs is 2. The second kappa shape index (κ2) is 10.4. The van der Waals surface area contributed by atoms with E-state index in [0.717, 1.165) is 34.3 Å². The van der Waals surface area contributed by atoms with Crippen LogP contribution in [0, 0.1) is 5.82 Å². The number of aromatic nitrogens is 5. The summed E-state index contributed by atoms with van der Waals surface area (Å²) < 4.78 is 18.0. The minimum Gasteiger partial charge on any atom is -0.392 e. The second-order valence-electron chi connectivity index (χ2n) is 8.97. The summed E-state index contributed by atoms with van der Waals surface area (Å²) in [7, 11) is 0. The van der Waals surface area contributed by atoms with E-state index in [1.165, 1.54) is 16.8 Å². The molecule has 5 aromatic rings. The molecule has 11 heteroatoms. The van der Waals surface area contributed by atoms with Crippen molar-refractivity contribution in [2.45, 2.75) is 18.9 Å². The summed E-state index contributed by atoms with van der Waals surface area (Å²) in [5.74, 6) is -0.621. The number of halogens is 1. The number of nitrogens with one attached hydrogen (secondary N) is 1. The van der Waals surface area contributed by atoms with Crippen LogP contribution in [0.3, 0.4) is 0 Å². The average molecular weight is 530 g/mol. The Hall–Kier alpha value is -4.06. The highest BCUT2D eigenvalue weighted by molar-refractivity contribution is 7.19. The number of pyridine rings is 2. The zero-order valence-electron chi connectivity index (χ0n) is 20.3. The van der Waals surface area contributed by atoms with Gasteiger partial charge in [0.05, 0.1) is 23.9 Å². The van der Waals surface area contributed by atoms with E-state index in [4.69, 9.17) is 0 Å². The largest absolute Gasteiger partial charge is 0.392 e. The molecule has 1 atom stereocenters. The monoisotopic (exact) mass is 529 g/mol. The fourth-order valence-electron chi connectivity index (χ4n) is 4.78. The lowest BCUT2D eigenvalue weighted by atomic mass is 10.0. The number of benzene rings is 1. The minimum atomic E-state index is -0.662. The van der Waals surface area contributed by atoms with Crippen LogP contribution in [0.5, 0.6) is 0 Å². The Morgan fingerprint density at radius 1 is 1.24 bits per heavy atom. The summed E-state index contributed by atoms with van der Waals surface area (Å²) in [5.41, 5.74) is 1.46. The van der Waals surface area contributed by atoms with Crippen LogP contribution in [-0.4, -0.2) is 61.7 Å². The third kappa shape index (κ3) is 4.44. The maximum atomic E-state index is 15.6. The van der Waals surface area contributed by atoms with Crippen LogP contribution in [0.2, 0.25) is 0 Å². The van der Waals surface area contributed by atoms with Crippen LogP contribution >= 0.6 is 11.3 Å². The summed E-state index contributed by atoms with van der Waals surface area (Å²) in [6, 6.07) is 11.6. The summed E-state index contributed by atoms with van der Waals surface area (Å²) in [5, 5.41) is 21.5. The van der Waals surface area contributed by atoms with E-state index in [0.29, 0.717) is 29.2 Å². The number of aliphatic hydroxyl groups excluding tert-OH is 1. The molecule has 0 saturated carbocycles. The first-order valence-electron chi connectivity index (χ1n) is 12.3. The van der Waals surface area contributed by atoms with Gasteiger partial charge in [0.1, 0.15) is 17.2 Å². The van der Waals surface area contributed by atoms with Gasteiger partial charge in [-0.2, -0.15) is 4.68 Å². The van der Waals surface area contributed by atoms with Crippen LogP contribution < -0.4 is 10.2 Å². The number of thiophene rings is 1. The molecule has 4 aromatic heterocycles. The number of hydrogen-bond acceptors (Lipinski definition) is 8. The summed E-state index contributed by atoms with van der Waals surface area (Å²) in [6.45, 7) is 1.39. The van der Waals surface area contributed by atoms with Gasteiger partial charge in [-0.15, -0.1) is 16.4 Å². The van der Waals surface area contributed by atoms with E-state index in [9.17, 15) is 9.90 Å². The van der Waals surface area contributed by atoms with Crippen molar-refractivity contribution < 1.29 is 14.3 Å². The first-order valence-corrected chi connectivity index (χ1v) is 13.1. The third-order valence-electron chi connectivity index (χ3n) is 6.55. The van der Waals surface area contributed by atoms with Gasteiger partial charge in [0.2, 0.25) is 0 Å². The Morgan fingerprint density at radius 3 is 2.97 bits per heavy atom. The fraction of sp³-hybridized carbons (Fsp3) is 0.222. The van der Waals surface area contributed by atoms with Gasteiger partial charge in [0.25, 0.3) is 5.91 Å². The number of amides is 1. The first-order chi connectivity index (χ1) is 18.6. The Labute approximate surface area is 221 Å². The van der Waals surface area contributed by atoms with E-state index >= 15 is 4.39 Å². The Morgan fingerprint density at radius 2 is 2.16 bits per heavy atom. The van der Waals surface area contributed by atoms with Gasteiger partial charge >= 0.3 is 0 Å². The van der Waals surface area contributed by atoms with Crippen LogP contribution in [0.15, 0.2) is 60.9 Å². The van der Waals surface area contributed by atoms with E-state index < -0.39 is 11.7 Å². The molecular weight excluding hydrogens is 505 g/mol. The van der Waals surface area contributed by atoms with Gasteiger partial charge in [0, 0.05) is 40.0 Å². The molecule has 5 heterocycles. The summed E-state index contributed by atoms with van der Waals surface area (Å²) in [4.78, 5) is 25.5. The molecule has 0 spiro atoms. The number of rotatable bonds is 6. The molecule has 38 heavy (non-hydrogen) atoms. The predicted octanol–water partition coefficient (Wildman–Crippen LogP) is 3.97. The lowest BCUT2D eigenvalue weighted by Gasteiger charge is -2.34. The summed E-state index contributed by atoms with van der Waals surface area (Å²) >= 11 is 1.54. The fourth-order valence-corrected chi connectivity index (χ4v) is 5.76. The second-order valence-corrected chi connectivity index (χ2v) is 10.1. The number of piperidine rings is 1. The molecule has 0 radical (unpaired) electrons. The summed E-state index contributed by atoms with van der Waals surface area (Å²) in [6.07, 6.45) is 8.46. The van der Waals surface area contributed by atoms with Crippen molar-refractivity contribution in [2.75, 3.05) is 24.6 Å². The van der Waals surface area contributed by atoms with Gasteiger partial charge in [-0.1, -0.05) is 11.3 Å². The molecule has 1 aromatic carbocycles. The van der Waals surface area contributed by atoms with Crippen molar-refractivity contribution >= 4 is 50.4 Å². The SMILES string of the molecule is O=C(c1ccc(-n2nnc3cccnc32)cc1F)N(c1nccc2sc(/C=C\CO)cc12)[C@@H]1CCCNC1. The van der Waals surface area contributed by atoms with E-state index in [-0.39, 0.29) is 18.2 Å². The molecule has 1 fully saturated rings. The van der Waals surface area contributed by atoms with Gasteiger partial charge < -0.3 is 10.4 Å². The lowest BCUT2D eigenvalue weighted by Crippen LogP contribution is -2.49. The molecule has 0 aliphatic carbocycles. The number of hydrogen-bond donors (Lipinski definition) is 2. The zero-order valence-corrected chi connectivity index (χ0v) is 21.1. The van der Waals surface area contributed by atoms with Gasteiger partial charge in [0.15, 0.2) is 5.65 Å². The highest BCUT2D eigenvalue weighted by Gasteiger charge is 2.32. The molecule has 1 amide bonds. The number of carbonyl (C=O) groups is 1. The molecule has 2 N–H and O–H groups in total. The van der Waals surface area contributed by atoms with Crippen molar-refractivity contribution in [3.05, 3.63) is 77.2 Å². The smallest absolute Gasteiger partial charge is 0.262 e. The Bertz CT molecular complexity index is 1660. The highest BCUT2D eigenvalue weighted by atomic mass is 32.1. The van der Waals surface area contributed by atoms with Crippen LogP contribution in [0.1, 0.15) is 28.1 Å². The van der Waals surface area contributed by atoms with Gasteiger partial charge in [-0.25, -0.2) is 14.4 Å². The van der Waals surface area contributed by atoms with Crippen molar-refractivity contribution in [2.24, 2.45) is 0 Å². The maximum absolute atomic E-state index is 15.6. The highest BCUT2D eigenvalue weighted by Crippen LogP contribution is 2.35. The molecule has 1 aliphatic heterocycles. The van der Waals surface area contributed by atoms with Crippen molar-refractivity contribution in [1.82, 2.24) is 30.3 Å². The van der Waals surface area contributed by atoms with E-state index in [1.807, 2.05) is 18.2 Å². The van der Waals surface area contributed by atoms with Gasteiger partial charge in [-0.3, -0.25) is 9.69 Å². The standard InChI is InChI=1S/C27H24FN7O2S/c28-22-14-17(35-26-23(32-33-35)6-2-11-30-26)7-8-20(22)27(37)34(18-4-1-10-29-16-18)25-21-15-19(5-3-13-36)38-24(21)9-12-31-25/h2-3,5-9,11-12,14-15,18,29,36H,1,4,10,13,16H2/b5-3-/t18-/m1/s1. The topological polar surface area (TPSA) is 109 Å². The third-order valence-corrected chi connectivity index (χ3v) is 7.62. The zero-order chi connectivity index (χ0) is 26.1. The molecule has 6 rings (SSSR count). The van der Waals surface area contributed by atoms with Crippen LogP contribution in [0.4, 0.5) is 10.2 Å².